The van der Waals surface area contributed by atoms with Crippen molar-refractivity contribution in [3.05, 3.63) is 0 Å². The van der Waals surface area contributed by atoms with Crippen LogP contribution in [-0.4, -0.2) is 30.9 Å². The van der Waals surface area contributed by atoms with Crippen molar-refractivity contribution in [2.75, 3.05) is 13.1 Å². The molecule has 0 aromatic carbocycles. The van der Waals surface area contributed by atoms with Crippen LogP contribution in [0.4, 0.5) is 4.79 Å². The predicted octanol–water partition coefficient (Wildman–Crippen LogP) is 1.24. The van der Waals surface area contributed by atoms with Crippen LogP contribution in [0.1, 0.15) is 27.2 Å². The summed E-state index contributed by atoms with van der Waals surface area (Å²) in [5, 5.41) is 2.55. The monoisotopic (exact) mass is 200 g/mol. The third-order valence-corrected chi connectivity index (χ3v) is 1.18. The van der Waals surface area contributed by atoms with Gasteiger partial charge in [-0.1, -0.05) is 0 Å². The largest absolute Gasteiger partial charge is 0.444 e. The third kappa shape index (κ3) is 8.74. The van der Waals surface area contributed by atoms with E-state index in [4.69, 9.17) is 4.74 Å². The molecule has 0 aromatic heterocycles. The van der Waals surface area contributed by atoms with Gasteiger partial charge in [0.15, 0.2) is 0 Å². The maximum Gasteiger partial charge on any atom is 0.407 e. The van der Waals surface area contributed by atoms with Crippen LogP contribution in [0.25, 0.3) is 0 Å². The minimum Gasteiger partial charge on any atom is -0.444 e. The molecular formula is C9H16N2O3. The number of hydrogen-bond acceptors (Lipinski definition) is 4. The van der Waals surface area contributed by atoms with Crippen LogP contribution in [0, 0.1) is 0 Å². The Morgan fingerprint density at radius 2 is 2.14 bits per heavy atom. The Hall–Kier alpha value is -1.35. The van der Waals surface area contributed by atoms with E-state index < -0.39 is 11.7 Å². The van der Waals surface area contributed by atoms with E-state index in [0.29, 0.717) is 19.5 Å². The van der Waals surface area contributed by atoms with Gasteiger partial charge in [-0.15, -0.1) is 0 Å². The number of carbonyl (C=O) groups excluding carboxylic acids is 2. The number of alkyl carbamates (subject to hydrolysis) is 1. The second-order valence-corrected chi connectivity index (χ2v) is 3.76. The second-order valence-electron chi connectivity index (χ2n) is 3.76. The summed E-state index contributed by atoms with van der Waals surface area (Å²) in [4.78, 5) is 24.1. The Kier molecular flexibility index (Phi) is 5.56. The molecule has 80 valence electrons. The van der Waals surface area contributed by atoms with Gasteiger partial charge in [-0.2, -0.15) is 0 Å². The molecule has 0 spiro atoms. The molecule has 0 aliphatic heterocycles. The van der Waals surface area contributed by atoms with E-state index in [1.165, 1.54) is 6.08 Å². The summed E-state index contributed by atoms with van der Waals surface area (Å²) >= 11 is 0. The summed E-state index contributed by atoms with van der Waals surface area (Å²) in [6, 6.07) is 0. The number of ether oxygens (including phenoxy) is 1. The van der Waals surface area contributed by atoms with E-state index in [9.17, 15) is 9.59 Å². The van der Waals surface area contributed by atoms with E-state index in [1.807, 2.05) is 0 Å². The lowest BCUT2D eigenvalue weighted by Crippen LogP contribution is -2.33. The fourth-order valence-electron chi connectivity index (χ4n) is 0.708. The van der Waals surface area contributed by atoms with Gasteiger partial charge in [-0.3, -0.25) is 0 Å². The van der Waals surface area contributed by atoms with Crippen molar-refractivity contribution in [3.8, 4) is 0 Å². The molecule has 0 bridgehead atoms. The van der Waals surface area contributed by atoms with Crippen LogP contribution >= 0.6 is 0 Å². The van der Waals surface area contributed by atoms with Crippen LogP contribution in [0.3, 0.4) is 0 Å². The lowest BCUT2D eigenvalue weighted by Gasteiger charge is -2.19. The van der Waals surface area contributed by atoms with Gasteiger partial charge < -0.3 is 10.1 Å². The Balaban J connectivity index is 3.50. The molecule has 14 heavy (non-hydrogen) atoms. The molecule has 5 nitrogen and oxygen atoms in total. The van der Waals surface area contributed by atoms with Gasteiger partial charge in [-0.05, 0) is 27.2 Å². The van der Waals surface area contributed by atoms with E-state index >= 15 is 0 Å². The van der Waals surface area contributed by atoms with Gasteiger partial charge in [0.05, 0.1) is 6.54 Å². The normalized spacial score (nSPS) is 10.2. The number of amides is 1. The van der Waals surface area contributed by atoms with Gasteiger partial charge in [0.1, 0.15) is 5.60 Å². The number of carbonyl (C=O) groups is 1. The van der Waals surface area contributed by atoms with E-state index in [0.717, 1.165) is 0 Å². The third-order valence-electron chi connectivity index (χ3n) is 1.18. The zero-order chi connectivity index (χ0) is 11.0. The Labute approximate surface area is 83.5 Å². The molecule has 1 N–H and O–H groups in total. The number of nitrogens with zero attached hydrogens (tertiary/aromatic N) is 1. The van der Waals surface area contributed by atoms with Crippen LogP contribution in [0.5, 0.6) is 0 Å². The zero-order valence-electron chi connectivity index (χ0n) is 8.79. The summed E-state index contributed by atoms with van der Waals surface area (Å²) in [6.45, 7) is 6.20. The van der Waals surface area contributed by atoms with Gasteiger partial charge in [0.2, 0.25) is 6.08 Å². The van der Waals surface area contributed by atoms with Crippen molar-refractivity contribution in [1.82, 2.24) is 5.32 Å². The maximum atomic E-state index is 11.1. The molecule has 0 heterocycles. The van der Waals surface area contributed by atoms with Gasteiger partial charge in [-0.25, -0.2) is 14.6 Å². The topological polar surface area (TPSA) is 67.8 Å². The number of isocyanates is 1. The Morgan fingerprint density at radius 3 is 2.64 bits per heavy atom. The highest BCUT2D eigenvalue weighted by Gasteiger charge is 2.15. The molecule has 1 amide bonds. The first-order chi connectivity index (χ1) is 6.45. The quantitative estimate of drug-likeness (QED) is 0.421. The highest BCUT2D eigenvalue weighted by molar-refractivity contribution is 5.67. The molecule has 0 aromatic rings. The molecule has 0 aliphatic rings. The van der Waals surface area contributed by atoms with Gasteiger partial charge in [0, 0.05) is 6.54 Å². The average Bonchev–Trinajstić information content (AvgIpc) is 2.00. The van der Waals surface area contributed by atoms with Crippen molar-refractivity contribution in [2.45, 2.75) is 32.8 Å². The highest BCUT2D eigenvalue weighted by atomic mass is 16.6. The summed E-state index contributed by atoms with van der Waals surface area (Å²) in [5.74, 6) is 0. The summed E-state index contributed by atoms with van der Waals surface area (Å²) in [6.07, 6.45) is 1.58. The smallest absolute Gasteiger partial charge is 0.407 e. The molecular weight excluding hydrogens is 184 g/mol. The fraction of sp³-hybridized carbons (Fsp3) is 0.778. The summed E-state index contributed by atoms with van der Waals surface area (Å²) < 4.78 is 4.99. The molecule has 0 radical (unpaired) electrons. The lowest BCUT2D eigenvalue weighted by molar-refractivity contribution is 0.0527. The number of aliphatic imine (C=N–C) groups is 1. The second kappa shape index (κ2) is 6.16. The lowest BCUT2D eigenvalue weighted by atomic mass is 10.2. The minimum atomic E-state index is -0.481. The molecule has 0 saturated heterocycles. The van der Waals surface area contributed by atoms with Crippen molar-refractivity contribution in [3.63, 3.8) is 0 Å². The molecule has 0 fully saturated rings. The number of rotatable bonds is 4. The molecule has 0 rings (SSSR count). The molecule has 0 saturated carbocycles. The Morgan fingerprint density at radius 1 is 1.50 bits per heavy atom. The van der Waals surface area contributed by atoms with Crippen LogP contribution < -0.4 is 5.32 Å². The van der Waals surface area contributed by atoms with Crippen molar-refractivity contribution in [1.29, 1.82) is 0 Å². The first-order valence-electron chi connectivity index (χ1n) is 4.46. The van der Waals surface area contributed by atoms with E-state index in [-0.39, 0.29) is 0 Å². The van der Waals surface area contributed by atoms with Gasteiger partial charge in [0.25, 0.3) is 0 Å². The van der Waals surface area contributed by atoms with Crippen molar-refractivity contribution in [2.24, 2.45) is 4.99 Å². The number of nitrogens with one attached hydrogen (secondary N) is 1. The van der Waals surface area contributed by atoms with E-state index in [1.54, 1.807) is 20.8 Å². The standard InChI is InChI=1S/C9H16N2O3/c1-9(2,3)14-8(13)11-6-4-5-10-7-12/h4-6H2,1-3H3,(H,11,13). The average molecular weight is 200 g/mol. The first-order valence-corrected chi connectivity index (χ1v) is 4.46. The molecule has 0 atom stereocenters. The Bertz CT molecular complexity index is 227. The minimum absolute atomic E-state index is 0.374. The summed E-state index contributed by atoms with van der Waals surface area (Å²) in [5.41, 5.74) is -0.481. The zero-order valence-corrected chi connectivity index (χ0v) is 8.79. The van der Waals surface area contributed by atoms with Crippen LogP contribution in [0.15, 0.2) is 4.99 Å². The predicted molar refractivity (Wildman–Crippen MR) is 51.8 cm³/mol. The van der Waals surface area contributed by atoms with Gasteiger partial charge >= 0.3 is 6.09 Å². The first kappa shape index (κ1) is 12.7. The van der Waals surface area contributed by atoms with Crippen molar-refractivity contribution < 1.29 is 14.3 Å². The molecule has 5 heteroatoms. The van der Waals surface area contributed by atoms with Crippen molar-refractivity contribution >= 4 is 12.2 Å². The SMILES string of the molecule is CC(C)(C)OC(=O)NCCCN=C=O. The molecule has 0 unspecified atom stereocenters. The summed E-state index contributed by atoms with van der Waals surface area (Å²) in [7, 11) is 0. The highest BCUT2D eigenvalue weighted by Crippen LogP contribution is 2.06. The van der Waals surface area contributed by atoms with Crippen LogP contribution in [0.2, 0.25) is 0 Å². The number of hydrogen-bond donors (Lipinski definition) is 1. The fourth-order valence-corrected chi connectivity index (χ4v) is 0.708. The van der Waals surface area contributed by atoms with E-state index in [2.05, 4.69) is 10.3 Å². The van der Waals surface area contributed by atoms with Crippen LogP contribution in [-0.2, 0) is 9.53 Å². The molecule has 0 aliphatic carbocycles. The maximum absolute atomic E-state index is 11.1.